The van der Waals surface area contributed by atoms with Crippen molar-refractivity contribution >= 4 is 11.0 Å². The van der Waals surface area contributed by atoms with E-state index in [1.54, 1.807) is 0 Å². The predicted octanol–water partition coefficient (Wildman–Crippen LogP) is 3.41. The molecular weight excluding hydrogens is 234 g/mol. The zero-order valence-electron chi connectivity index (χ0n) is 10.9. The summed E-state index contributed by atoms with van der Waals surface area (Å²) < 4.78 is 0. The number of para-hydroxylation sites is 2. The first-order valence-electron chi connectivity index (χ1n) is 6.55. The molecule has 0 amide bonds. The lowest BCUT2D eigenvalue weighted by Gasteiger charge is -2.11. The van der Waals surface area contributed by atoms with Crippen LogP contribution in [0.3, 0.4) is 0 Å². The van der Waals surface area contributed by atoms with Gasteiger partial charge in [-0.1, -0.05) is 42.5 Å². The van der Waals surface area contributed by atoms with Crippen LogP contribution in [-0.4, -0.2) is 9.97 Å². The minimum Gasteiger partial charge on any atom is -0.341 e. The lowest BCUT2D eigenvalue weighted by Crippen LogP contribution is -2.19. The van der Waals surface area contributed by atoms with Crippen LogP contribution in [-0.2, 0) is 6.54 Å². The largest absolute Gasteiger partial charge is 0.341 e. The van der Waals surface area contributed by atoms with E-state index in [4.69, 9.17) is 0 Å². The molecule has 0 fully saturated rings. The van der Waals surface area contributed by atoms with Gasteiger partial charge in [0.15, 0.2) is 0 Å². The number of hydrogen-bond donors (Lipinski definition) is 2. The van der Waals surface area contributed by atoms with E-state index in [0.29, 0.717) is 0 Å². The Morgan fingerprint density at radius 2 is 1.79 bits per heavy atom. The number of hydrogen-bond acceptors (Lipinski definition) is 2. The molecule has 0 bridgehead atoms. The summed E-state index contributed by atoms with van der Waals surface area (Å²) >= 11 is 0. The quantitative estimate of drug-likeness (QED) is 0.746. The Bertz CT molecular complexity index is 625. The van der Waals surface area contributed by atoms with Gasteiger partial charge in [-0.2, -0.15) is 0 Å². The van der Waals surface area contributed by atoms with Crippen molar-refractivity contribution in [3.05, 3.63) is 66.0 Å². The number of rotatable bonds is 4. The predicted molar refractivity (Wildman–Crippen MR) is 77.8 cm³/mol. The Hall–Kier alpha value is -2.13. The fourth-order valence-electron chi connectivity index (χ4n) is 2.14. The average Bonchev–Trinajstić information content (AvgIpc) is 2.90. The number of aromatic nitrogens is 2. The molecule has 0 aliphatic rings. The van der Waals surface area contributed by atoms with Gasteiger partial charge in [0.1, 0.15) is 5.82 Å². The van der Waals surface area contributed by atoms with E-state index < -0.39 is 0 Å². The van der Waals surface area contributed by atoms with E-state index >= 15 is 0 Å². The summed E-state index contributed by atoms with van der Waals surface area (Å²) in [6, 6.07) is 18.7. The zero-order chi connectivity index (χ0) is 13.1. The molecule has 0 spiro atoms. The lowest BCUT2D eigenvalue weighted by molar-refractivity contribution is 0.552. The third-order valence-electron chi connectivity index (χ3n) is 3.27. The highest BCUT2D eigenvalue weighted by atomic mass is 15.0. The van der Waals surface area contributed by atoms with Crippen LogP contribution in [0.15, 0.2) is 54.6 Å². The van der Waals surface area contributed by atoms with Crippen molar-refractivity contribution in [2.24, 2.45) is 0 Å². The van der Waals surface area contributed by atoms with Crippen LogP contribution in [0.4, 0.5) is 0 Å². The van der Waals surface area contributed by atoms with E-state index in [1.165, 1.54) is 5.56 Å². The van der Waals surface area contributed by atoms with Crippen molar-refractivity contribution in [2.75, 3.05) is 0 Å². The minimum absolute atomic E-state index is 0.201. The van der Waals surface area contributed by atoms with Crippen LogP contribution >= 0.6 is 0 Å². The summed E-state index contributed by atoms with van der Waals surface area (Å²) in [7, 11) is 0. The Balaban J connectivity index is 1.71. The van der Waals surface area contributed by atoms with Crippen LogP contribution in [0.25, 0.3) is 11.0 Å². The monoisotopic (exact) mass is 251 g/mol. The second-order valence-corrected chi connectivity index (χ2v) is 4.73. The molecule has 3 heteroatoms. The molecule has 1 atom stereocenters. The van der Waals surface area contributed by atoms with Crippen LogP contribution in [0.1, 0.15) is 24.4 Å². The van der Waals surface area contributed by atoms with Gasteiger partial charge in [0.2, 0.25) is 0 Å². The maximum absolute atomic E-state index is 4.61. The van der Waals surface area contributed by atoms with Gasteiger partial charge in [-0.05, 0) is 24.6 Å². The van der Waals surface area contributed by atoms with E-state index in [1.807, 2.05) is 24.3 Å². The summed E-state index contributed by atoms with van der Waals surface area (Å²) in [6.45, 7) is 2.97. The van der Waals surface area contributed by atoms with E-state index in [9.17, 15) is 0 Å². The summed E-state index contributed by atoms with van der Waals surface area (Å²) in [4.78, 5) is 7.96. The third-order valence-corrected chi connectivity index (χ3v) is 3.27. The molecule has 0 radical (unpaired) electrons. The number of fused-ring (bicyclic) bond motifs is 1. The number of nitrogens with zero attached hydrogens (tertiary/aromatic N) is 1. The Morgan fingerprint density at radius 1 is 1.05 bits per heavy atom. The van der Waals surface area contributed by atoms with Crippen molar-refractivity contribution in [3.63, 3.8) is 0 Å². The Morgan fingerprint density at radius 3 is 2.58 bits per heavy atom. The van der Waals surface area contributed by atoms with E-state index in [-0.39, 0.29) is 6.04 Å². The Labute approximate surface area is 112 Å². The summed E-state index contributed by atoms with van der Waals surface area (Å²) in [5.41, 5.74) is 3.39. The number of benzene rings is 2. The van der Waals surface area contributed by atoms with E-state index in [2.05, 4.69) is 52.5 Å². The molecule has 2 aromatic carbocycles. The highest BCUT2D eigenvalue weighted by molar-refractivity contribution is 5.74. The van der Waals surface area contributed by atoms with Gasteiger partial charge >= 0.3 is 0 Å². The first-order valence-corrected chi connectivity index (χ1v) is 6.55. The van der Waals surface area contributed by atoms with Gasteiger partial charge in [-0.25, -0.2) is 4.98 Å². The zero-order valence-corrected chi connectivity index (χ0v) is 10.9. The van der Waals surface area contributed by atoms with Gasteiger partial charge in [-0.15, -0.1) is 0 Å². The topological polar surface area (TPSA) is 40.7 Å². The van der Waals surface area contributed by atoms with Gasteiger partial charge in [0, 0.05) is 6.54 Å². The normalized spacial score (nSPS) is 12.7. The van der Waals surface area contributed by atoms with Gasteiger partial charge in [0.25, 0.3) is 0 Å². The first kappa shape index (κ1) is 11.9. The molecule has 3 nitrogen and oxygen atoms in total. The summed E-state index contributed by atoms with van der Waals surface area (Å²) in [5.74, 6) is 0.983. The number of H-pyrrole nitrogens is 1. The van der Waals surface area contributed by atoms with Crippen molar-refractivity contribution < 1.29 is 0 Å². The Kier molecular flexibility index (Phi) is 3.29. The maximum atomic E-state index is 4.61. The molecule has 1 aromatic heterocycles. The van der Waals surface area contributed by atoms with Gasteiger partial charge in [-0.3, -0.25) is 0 Å². The molecule has 3 rings (SSSR count). The molecule has 3 aromatic rings. The van der Waals surface area contributed by atoms with Crippen LogP contribution in [0.2, 0.25) is 0 Å². The van der Waals surface area contributed by atoms with Crippen molar-refractivity contribution in [2.45, 2.75) is 19.5 Å². The second-order valence-electron chi connectivity index (χ2n) is 4.73. The fraction of sp³-hybridized carbons (Fsp3) is 0.188. The molecule has 0 saturated carbocycles. The molecule has 0 unspecified atom stereocenters. The van der Waals surface area contributed by atoms with E-state index in [0.717, 1.165) is 23.4 Å². The molecule has 0 aliphatic carbocycles. The highest BCUT2D eigenvalue weighted by Crippen LogP contribution is 2.15. The molecule has 19 heavy (non-hydrogen) atoms. The van der Waals surface area contributed by atoms with Crippen molar-refractivity contribution in [3.8, 4) is 0 Å². The first-order chi connectivity index (χ1) is 9.33. The fourth-order valence-corrected chi connectivity index (χ4v) is 2.14. The standard InChI is InChI=1S/C16H17N3/c1-12(17-11-13-7-3-2-4-8-13)16-18-14-9-5-6-10-15(14)19-16/h2-10,12,17H,11H2,1H3,(H,18,19)/t12-/m0/s1. The molecule has 2 N–H and O–H groups in total. The minimum atomic E-state index is 0.201. The molecule has 96 valence electrons. The van der Waals surface area contributed by atoms with Crippen molar-refractivity contribution in [1.29, 1.82) is 0 Å². The molecular formula is C16H17N3. The summed E-state index contributed by atoms with van der Waals surface area (Å²) in [6.07, 6.45) is 0. The smallest absolute Gasteiger partial charge is 0.124 e. The SMILES string of the molecule is C[C@H](NCc1ccccc1)c1nc2ccccc2[nH]1. The van der Waals surface area contributed by atoms with Crippen LogP contribution < -0.4 is 5.32 Å². The van der Waals surface area contributed by atoms with Crippen molar-refractivity contribution in [1.82, 2.24) is 15.3 Å². The average molecular weight is 251 g/mol. The van der Waals surface area contributed by atoms with Crippen LogP contribution in [0, 0.1) is 0 Å². The molecule has 1 heterocycles. The second kappa shape index (κ2) is 5.24. The third kappa shape index (κ3) is 2.66. The lowest BCUT2D eigenvalue weighted by atomic mass is 10.2. The van der Waals surface area contributed by atoms with Gasteiger partial charge < -0.3 is 10.3 Å². The molecule has 0 saturated heterocycles. The summed E-state index contributed by atoms with van der Waals surface area (Å²) in [5, 5.41) is 3.48. The highest BCUT2D eigenvalue weighted by Gasteiger charge is 2.09. The van der Waals surface area contributed by atoms with Gasteiger partial charge in [0.05, 0.1) is 17.1 Å². The number of imidazole rings is 1. The number of nitrogens with one attached hydrogen (secondary N) is 2. The maximum Gasteiger partial charge on any atom is 0.124 e. The number of aromatic amines is 1. The van der Waals surface area contributed by atoms with Crippen LogP contribution in [0.5, 0.6) is 0 Å². The molecule has 0 aliphatic heterocycles.